The molecular weight excluding hydrogens is 1070 g/mol. The molecule has 1 aliphatic rings. The fourth-order valence-corrected chi connectivity index (χ4v) is 11.6. The van der Waals surface area contributed by atoms with Gasteiger partial charge in [-0.3, -0.25) is 14.9 Å². The summed E-state index contributed by atoms with van der Waals surface area (Å²) in [5.74, 6) is -0.740. The molecule has 0 aliphatic carbocycles. The number of benzene rings is 5. The predicted molar refractivity (Wildman–Crippen MR) is 290 cm³/mol. The lowest BCUT2D eigenvalue weighted by atomic mass is 9.96. The number of carboxylic acids is 1. The van der Waals surface area contributed by atoms with Crippen molar-refractivity contribution in [1.82, 2.24) is 19.2 Å². The second-order valence-corrected chi connectivity index (χ2v) is 22.0. The normalized spacial score (nSPS) is 14.3. The number of rotatable bonds is 22. The van der Waals surface area contributed by atoms with Crippen LogP contribution in [0.2, 0.25) is 0 Å². The van der Waals surface area contributed by atoms with Gasteiger partial charge in [-0.25, -0.2) is 22.4 Å². The number of nitrogens with zero attached hydrogens (tertiary/aromatic N) is 4. The van der Waals surface area contributed by atoms with Crippen molar-refractivity contribution in [2.45, 2.75) is 85.3 Å². The maximum absolute atomic E-state index is 13.8. The number of ether oxygens (including phenoxy) is 2. The van der Waals surface area contributed by atoms with Crippen LogP contribution in [0, 0.1) is 24.0 Å². The highest BCUT2D eigenvalue weighted by Crippen LogP contribution is 2.34. The number of amides is 1. The van der Waals surface area contributed by atoms with Gasteiger partial charge in [-0.05, 0) is 123 Å². The number of fused-ring (bicyclic) bond motifs is 2. The Hall–Kier alpha value is -6.06. The van der Waals surface area contributed by atoms with Crippen molar-refractivity contribution in [3.05, 3.63) is 159 Å². The first-order chi connectivity index (χ1) is 34.7. The van der Waals surface area contributed by atoms with E-state index in [0.29, 0.717) is 65.1 Å². The largest absolute Gasteiger partial charge is 0.493 e. The fraction of sp³-hybridized carbons (Fsp3) is 0.315. The summed E-state index contributed by atoms with van der Waals surface area (Å²) in [4.78, 5) is 41.3. The fourth-order valence-electron chi connectivity index (χ4n) is 9.21. The van der Waals surface area contributed by atoms with Crippen molar-refractivity contribution in [3.8, 4) is 17.0 Å². The molecule has 5 aromatic carbocycles. The van der Waals surface area contributed by atoms with Crippen LogP contribution in [-0.2, 0) is 21.2 Å². The zero-order valence-corrected chi connectivity index (χ0v) is 44.0. The number of likely N-dealkylation sites (tertiary alicyclic amines) is 1. The molecule has 7 aromatic rings. The molecule has 15 nitrogen and oxygen atoms in total. The number of thioether (sulfide) groups is 1. The highest BCUT2D eigenvalue weighted by Gasteiger charge is 2.28. The number of hydrogen-bond acceptors (Lipinski definition) is 12. The van der Waals surface area contributed by atoms with Gasteiger partial charge in [0.05, 0.1) is 33.7 Å². The van der Waals surface area contributed by atoms with Crippen molar-refractivity contribution in [2.75, 3.05) is 37.3 Å². The van der Waals surface area contributed by atoms with Crippen LogP contribution < -0.4 is 14.8 Å². The van der Waals surface area contributed by atoms with E-state index >= 15 is 0 Å². The monoisotopic (exact) mass is 1120 g/mol. The highest BCUT2D eigenvalue weighted by molar-refractivity contribution is 14.1. The number of sulfonamides is 1. The van der Waals surface area contributed by atoms with Crippen LogP contribution in [0.15, 0.2) is 131 Å². The number of aryl methyl sites for hydroxylation is 3. The van der Waals surface area contributed by atoms with E-state index in [9.17, 15) is 33.2 Å². The SMILES string of the molecule is CCC(I)OC1CCN(CC[C@H](CSc2ccccc2)Nc2ccc(S(=O)(=O)NC(=O)c3cc(C)c(-c4cccc5c(CCCOc6cccc7ccccc67)c(C(=O)O)nn45)c(C)c3)cc2[N+](=O)[O-])CC1. The lowest BCUT2D eigenvalue weighted by molar-refractivity contribution is -0.384. The molecule has 2 aromatic heterocycles. The third kappa shape index (κ3) is 12.6. The standard InChI is InChI=1S/C54H57IN6O9S2/c1-4-50(55)70-40-25-28-59(29-26-40)27-24-39(34-71-41-15-6-5-7-16-41)56-45-23-22-42(33-48(45)61(65)66)72(67,68)58-53(62)38-31-35(2)51(36(3)32-38)47-20-11-19-46-44(52(54(63)64)57-60(46)47)18-12-30-69-49-21-10-14-37-13-8-9-17-43(37)49/h5-11,13-17,19-23,31-33,39-40,50,56H,4,12,18,24-30,34H2,1-3H3,(H,58,62)(H,63,64)/t39-,50?/m1/s1. The summed E-state index contributed by atoms with van der Waals surface area (Å²) in [6.45, 7) is 8.55. The van der Waals surface area contributed by atoms with E-state index in [-0.39, 0.29) is 33.2 Å². The Bertz CT molecular complexity index is 3170. The number of aromatic nitrogens is 2. The average Bonchev–Trinajstić information content (AvgIpc) is 3.76. The number of carbonyl (C=O) groups is 2. The molecule has 2 atom stereocenters. The van der Waals surface area contributed by atoms with E-state index in [0.717, 1.165) is 66.4 Å². The van der Waals surface area contributed by atoms with Gasteiger partial charge < -0.3 is 24.8 Å². The summed E-state index contributed by atoms with van der Waals surface area (Å²) in [7, 11) is -4.59. The summed E-state index contributed by atoms with van der Waals surface area (Å²) < 4.78 is 43.8. The van der Waals surface area contributed by atoms with Crippen LogP contribution >= 0.6 is 34.4 Å². The van der Waals surface area contributed by atoms with E-state index in [1.165, 1.54) is 12.1 Å². The third-order valence-corrected chi connectivity index (χ3v) is 16.5. The van der Waals surface area contributed by atoms with Gasteiger partial charge in [0.2, 0.25) is 0 Å². The Morgan fingerprint density at radius 3 is 2.38 bits per heavy atom. The van der Waals surface area contributed by atoms with E-state index in [4.69, 9.17) is 9.47 Å². The highest BCUT2D eigenvalue weighted by atomic mass is 127. The Morgan fingerprint density at radius 2 is 1.65 bits per heavy atom. The first-order valence-corrected chi connectivity index (χ1v) is 27.7. The molecule has 8 rings (SSSR count). The Balaban J connectivity index is 0.960. The number of anilines is 1. The summed E-state index contributed by atoms with van der Waals surface area (Å²) in [6.07, 6.45) is 4.65. The van der Waals surface area contributed by atoms with Crippen molar-refractivity contribution in [1.29, 1.82) is 0 Å². The maximum Gasteiger partial charge on any atom is 0.356 e. The molecule has 1 fully saturated rings. The average molecular weight is 1130 g/mol. The number of hydrogen-bond donors (Lipinski definition) is 3. The molecule has 3 heterocycles. The number of nitrogens with one attached hydrogen (secondary N) is 2. The minimum atomic E-state index is -4.59. The number of alkyl halides is 1. The van der Waals surface area contributed by atoms with Gasteiger partial charge in [-0.1, -0.05) is 90.2 Å². The second-order valence-electron chi connectivity index (χ2n) is 17.9. The van der Waals surface area contributed by atoms with Crippen molar-refractivity contribution < 1.29 is 37.5 Å². The molecular formula is C54H57IN6O9S2. The molecule has 0 spiro atoms. The smallest absolute Gasteiger partial charge is 0.356 e. The number of halogens is 1. The molecule has 0 radical (unpaired) electrons. The van der Waals surface area contributed by atoms with Gasteiger partial charge in [0.15, 0.2) is 5.69 Å². The molecule has 1 aliphatic heterocycles. The van der Waals surface area contributed by atoms with Crippen LogP contribution in [0.3, 0.4) is 0 Å². The van der Waals surface area contributed by atoms with Crippen LogP contribution in [0.25, 0.3) is 27.5 Å². The molecule has 1 amide bonds. The zero-order valence-electron chi connectivity index (χ0n) is 40.3. The minimum Gasteiger partial charge on any atom is -0.493 e. The van der Waals surface area contributed by atoms with Crippen LogP contribution in [0.4, 0.5) is 11.4 Å². The number of nitro groups is 1. The molecule has 0 bridgehead atoms. The quantitative estimate of drug-likeness (QED) is 0.0145. The second kappa shape index (κ2) is 23.7. The maximum atomic E-state index is 13.8. The number of carboxylic acid groups (broad SMARTS) is 1. The summed E-state index contributed by atoms with van der Waals surface area (Å²) in [5.41, 5.74) is 3.34. The minimum absolute atomic E-state index is 0.0431. The van der Waals surface area contributed by atoms with Crippen LogP contribution in [-0.4, -0.2) is 93.1 Å². The first kappa shape index (κ1) is 52.3. The van der Waals surface area contributed by atoms with Crippen molar-refractivity contribution in [2.24, 2.45) is 0 Å². The number of pyridine rings is 1. The molecule has 18 heteroatoms. The Kier molecular flexibility index (Phi) is 17.2. The van der Waals surface area contributed by atoms with Gasteiger partial charge in [0.1, 0.15) is 15.5 Å². The summed E-state index contributed by atoms with van der Waals surface area (Å²) in [6, 6.07) is 35.6. The topological polar surface area (TPSA) is 195 Å². The lowest BCUT2D eigenvalue weighted by Gasteiger charge is -2.33. The van der Waals surface area contributed by atoms with Gasteiger partial charge >= 0.3 is 5.97 Å². The van der Waals surface area contributed by atoms with E-state index in [1.807, 2.05) is 91.0 Å². The molecule has 3 N–H and O–H groups in total. The van der Waals surface area contributed by atoms with Crippen molar-refractivity contribution in [3.63, 3.8) is 0 Å². The molecule has 1 unspecified atom stereocenters. The summed E-state index contributed by atoms with van der Waals surface area (Å²) in [5, 5.41) is 32.8. The van der Waals surface area contributed by atoms with Crippen molar-refractivity contribution >= 4 is 83.9 Å². The third-order valence-electron chi connectivity index (χ3n) is 12.8. The first-order valence-electron chi connectivity index (χ1n) is 24.0. The predicted octanol–water partition coefficient (Wildman–Crippen LogP) is 11.1. The number of piperidine rings is 1. The van der Waals surface area contributed by atoms with E-state index < -0.39 is 37.4 Å². The van der Waals surface area contributed by atoms with Gasteiger partial charge in [0, 0.05) is 64.5 Å². The number of aromatic carboxylic acids is 1. The lowest BCUT2D eigenvalue weighted by Crippen LogP contribution is -2.40. The van der Waals surface area contributed by atoms with E-state index in [2.05, 4.69) is 49.6 Å². The van der Waals surface area contributed by atoms with E-state index in [1.54, 1.807) is 42.3 Å². The van der Waals surface area contributed by atoms with Gasteiger partial charge in [0.25, 0.3) is 21.6 Å². The molecule has 1 saturated heterocycles. The Labute approximate surface area is 437 Å². The molecule has 72 heavy (non-hydrogen) atoms. The van der Waals surface area contributed by atoms with Gasteiger partial charge in [-0.15, -0.1) is 11.8 Å². The van der Waals surface area contributed by atoms with Crippen LogP contribution in [0.5, 0.6) is 5.75 Å². The number of nitro benzene ring substituents is 1. The Morgan fingerprint density at radius 1 is 0.944 bits per heavy atom. The molecule has 0 saturated carbocycles. The van der Waals surface area contributed by atoms with Crippen LogP contribution in [0.1, 0.15) is 76.6 Å². The number of carbonyl (C=O) groups excluding carboxylic acids is 1. The van der Waals surface area contributed by atoms with Gasteiger partial charge in [-0.2, -0.15) is 5.10 Å². The summed E-state index contributed by atoms with van der Waals surface area (Å²) >= 11 is 3.97. The zero-order chi connectivity index (χ0) is 50.9. The molecule has 376 valence electrons.